The van der Waals surface area contributed by atoms with Gasteiger partial charge < -0.3 is 21.7 Å². The number of halogens is 1. The fraction of sp³-hybridized carbons (Fsp3) is 0.417. The van der Waals surface area contributed by atoms with Gasteiger partial charge in [0.25, 0.3) is 0 Å². The zero-order valence-corrected chi connectivity index (χ0v) is 10.8. The van der Waals surface area contributed by atoms with E-state index in [1.54, 1.807) is 0 Å². The first kappa shape index (κ1) is 12.2. The summed E-state index contributed by atoms with van der Waals surface area (Å²) in [4.78, 5) is 0. The fourth-order valence-electron chi connectivity index (χ4n) is 1.85. The molecule has 2 nitrogen and oxygen atoms in total. The minimum Gasteiger partial charge on any atom is -1.00 e. The van der Waals surface area contributed by atoms with Crippen molar-refractivity contribution in [3.63, 3.8) is 0 Å². The monoisotopic (exact) mass is 269 g/mol. The summed E-state index contributed by atoms with van der Waals surface area (Å²) in [7, 11) is 0. The molecule has 1 aliphatic rings. The Morgan fingerprint density at radius 3 is 2.53 bits per heavy atom. The normalized spacial score (nSPS) is 12.8. The van der Waals surface area contributed by atoms with Crippen molar-refractivity contribution in [2.75, 3.05) is 13.1 Å². The summed E-state index contributed by atoms with van der Waals surface area (Å²) in [5.41, 5.74) is 2.56. The maximum Gasteiger partial charge on any atom is 0.370 e. The first-order chi connectivity index (χ1) is 6.86. The lowest BCUT2D eigenvalue weighted by Gasteiger charge is -2.00. The molecule has 1 aromatic carbocycles. The van der Waals surface area contributed by atoms with Gasteiger partial charge in [0.05, 0.1) is 5.56 Å². The van der Waals surface area contributed by atoms with Crippen molar-refractivity contribution in [3.05, 3.63) is 35.4 Å². The molecule has 0 N–H and O–H groups in total. The first-order valence-corrected chi connectivity index (χ1v) is 5.19. The van der Waals surface area contributed by atoms with E-state index in [2.05, 4.69) is 42.7 Å². The van der Waals surface area contributed by atoms with Crippen LogP contribution in [0, 0.1) is 0 Å². The molecular weight excluding hydrogens is 254 g/mol. The predicted molar refractivity (Wildman–Crippen MR) is 56.7 cm³/mol. The summed E-state index contributed by atoms with van der Waals surface area (Å²) >= 11 is 0. The van der Waals surface area contributed by atoms with Crippen LogP contribution in [0.2, 0.25) is 0 Å². The van der Waals surface area contributed by atoms with Crippen LogP contribution < -0.4 is 17.0 Å². The van der Waals surface area contributed by atoms with Crippen LogP contribution in [0.15, 0.2) is 24.3 Å². The van der Waals surface area contributed by atoms with Gasteiger partial charge in [0.1, 0.15) is 19.7 Å². The lowest BCUT2D eigenvalue weighted by molar-refractivity contribution is -0.528. The number of ether oxygens (including phenoxy) is 1. The molecule has 0 radical (unpaired) electrons. The minimum absolute atomic E-state index is 0. The molecular formula is C12H16BrNO. The van der Waals surface area contributed by atoms with Crippen LogP contribution in [-0.4, -0.2) is 23.6 Å². The van der Waals surface area contributed by atoms with E-state index in [9.17, 15) is 0 Å². The lowest BCUT2D eigenvalue weighted by Crippen LogP contribution is -3.00. The highest BCUT2D eigenvalue weighted by Gasteiger charge is 2.26. The van der Waals surface area contributed by atoms with Crippen LogP contribution >= 0.6 is 0 Å². The predicted octanol–water partition coefficient (Wildman–Crippen LogP) is -0.980. The van der Waals surface area contributed by atoms with Crippen LogP contribution in [0.5, 0.6) is 0 Å². The molecule has 0 spiro atoms. The molecule has 0 atom stereocenters. The molecule has 1 aromatic rings. The summed E-state index contributed by atoms with van der Waals surface area (Å²) in [5.74, 6) is 1.05. The smallest absolute Gasteiger partial charge is 0.370 e. The second-order valence-electron chi connectivity index (χ2n) is 3.42. The summed E-state index contributed by atoms with van der Waals surface area (Å²) < 4.78 is 7.97. The van der Waals surface area contributed by atoms with Crippen molar-refractivity contribution >= 4 is 5.90 Å². The second kappa shape index (κ2) is 5.31. The molecule has 0 amide bonds. The second-order valence-corrected chi connectivity index (χ2v) is 3.42. The zero-order valence-electron chi connectivity index (χ0n) is 9.16. The van der Waals surface area contributed by atoms with Gasteiger partial charge in [0.15, 0.2) is 0 Å². The number of fused-ring (bicyclic) bond motifs is 1. The van der Waals surface area contributed by atoms with Gasteiger partial charge in [-0.1, -0.05) is 18.2 Å². The maximum atomic E-state index is 5.71. The average molecular weight is 270 g/mol. The van der Waals surface area contributed by atoms with Crippen molar-refractivity contribution in [2.24, 2.45) is 0 Å². The Kier molecular flexibility index (Phi) is 4.33. The lowest BCUT2D eigenvalue weighted by atomic mass is 10.1. The molecule has 0 aromatic heterocycles. The summed E-state index contributed by atoms with van der Waals surface area (Å²) in [5, 5.41) is 0. The molecule has 1 heterocycles. The van der Waals surface area contributed by atoms with Crippen LogP contribution in [0.1, 0.15) is 25.0 Å². The maximum absolute atomic E-state index is 5.71. The molecule has 0 saturated heterocycles. The molecule has 0 unspecified atom stereocenters. The van der Waals surface area contributed by atoms with Gasteiger partial charge in [-0.25, -0.2) is 0 Å². The van der Waals surface area contributed by atoms with Gasteiger partial charge in [-0.3, -0.25) is 0 Å². The molecule has 0 saturated carbocycles. The largest absolute Gasteiger partial charge is 1.00 e. The van der Waals surface area contributed by atoms with Crippen molar-refractivity contribution in [1.82, 2.24) is 0 Å². The van der Waals surface area contributed by atoms with Crippen molar-refractivity contribution in [3.8, 4) is 0 Å². The third-order valence-electron chi connectivity index (χ3n) is 2.66. The van der Waals surface area contributed by atoms with Gasteiger partial charge in [0.2, 0.25) is 0 Å². The van der Waals surface area contributed by atoms with E-state index >= 15 is 0 Å². The molecule has 0 aliphatic carbocycles. The molecule has 3 heteroatoms. The summed E-state index contributed by atoms with van der Waals surface area (Å²) in [6.45, 7) is 7.03. The molecule has 0 fully saturated rings. The topological polar surface area (TPSA) is 12.2 Å². The summed E-state index contributed by atoms with van der Waals surface area (Å²) in [6.07, 6.45) is 0. The van der Waals surface area contributed by atoms with E-state index in [4.69, 9.17) is 4.74 Å². The van der Waals surface area contributed by atoms with Crippen LogP contribution in [0.4, 0.5) is 0 Å². The Morgan fingerprint density at radius 1 is 1.20 bits per heavy atom. The number of rotatable bonds is 2. The molecule has 0 bridgehead atoms. The van der Waals surface area contributed by atoms with E-state index in [1.165, 1.54) is 11.1 Å². The highest BCUT2D eigenvalue weighted by Crippen LogP contribution is 2.19. The van der Waals surface area contributed by atoms with E-state index in [1.807, 2.05) is 0 Å². The fourth-order valence-corrected chi connectivity index (χ4v) is 1.85. The van der Waals surface area contributed by atoms with E-state index in [0.717, 1.165) is 25.6 Å². The Hall–Kier alpha value is -0.830. The van der Waals surface area contributed by atoms with Crippen LogP contribution in [-0.2, 0) is 11.3 Å². The highest BCUT2D eigenvalue weighted by atomic mass is 79.9. The Morgan fingerprint density at radius 2 is 1.87 bits per heavy atom. The standard InChI is InChI=1S/C12H16NO.BrH/c1-3-13(4-2)12-11-8-6-5-7-10(11)9-14-12;/h5-8H,3-4,9H2,1-2H3;1H/q+1;/p-1. The number of nitrogens with zero attached hydrogens (tertiary/aromatic N) is 1. The van der Waals surface area contributed by atoms with Crippen molar-refractivity contribution < 1.29 is 26.3 Å². The zero-order chi connectivity index (χ0) is 9.97. The Bertz CT molecular complexity index is 368. The Labute approximate surface area is 101 Å². The van der Waals surface area contributed by atoms with Gasteiger partial charge >= 0.3 is 5.90 Å². The van der Waals surface area contributed by atoms with Crippen LogP contribution in [0.3, 0.4) is 0 Å². The van der Waals surface area contributed by atoms with E-state index < -0.39 is 0 Å². The third-order valence-corrected chi connectivity index (χ3v) is 2.66. The van der Waals surface area contributed by atoms with Crippen molar-refractivity contribution in [2.45, 2.75) is 20.5 Å². The quantitative estimate of drug-likeness (QED) is 0.629. The van der Waals surface area contributed by atoms with Gasteiger partial charge in [-0.05, 0) is 19.9 Å². The molecule has 2 rings (SSSR count). The first-order valence-electron chi connectivity index (χ1n) is 5.19. The van der Waals surface area contributed by atoms with Gasteiger partial charge in [-0.15, -0.1) is 0 Å². The SMILES string of the molecule is CC[N+](CC)=C1OCc2ccccc21.[Br-]. The van der Waals surface area contributed by atoms with E-state index in [0.29, 0.717) is 0 Å². The number of hydrogen-bond donors (Lipinski definition) is 0. The minimum atomic E-state index is 0. The molecule has 15 heavy (non-hydrogen) atoms. The van der Waals surface area contributed by atoms with Gasteiger partial charge in [0, 0.05) is 5.56 Å². The number of hydrogen-bond acceptors (Lipinski definition) is 1. The molecule has 82 valence electrons. The van der Waals surface area contributed by atoms with Crippen molar-refractivity contribution in [1.29, 1.82) is 0 Å². The highest BCUT2D eigenvalue weighted by molar-refractivity contribution is 5.93. The Balaban J connectivity index is 0.00000112. The third kappa shape index (κ3) is 2.23. The average Bonchev–Trinajstić information content (AvgIpc) is 2.65. The van der Waals surface area contributed by atoms with Crippen LogP contribution in [0.25, 0.3) is 0 Å². The summed E-state index contributed by atoms with van der Waals surface area (Å²) in [6, 6.07) is 8.40. The van der Waals surface area contributed by atoms with E-state index in [-0.39, 0.29) is 17.0 Å². The van der Waals surface area contributed by atoms with Gasteiger partial charge in [-0.2, -0.15) is 4.58 Å². The molecule has 1 aliphatic heterocycles. The number of benzene rings is 1.